The van der Waals surface area contributed by atoms with Crippen LogP contribution in [0, 0.1) is 0 Å². The Kier molecular flexibility index (Phi) is 6.86. The van der Waals surface area contributed by atoms with Crippen molar-refractivity contribution in [2.24, 2.45) is 0 Å². The number of aromatic nitrogens is 3. The molecule has 240 valence electrons. The largest absolute Gasteiger partial charge is 0.457 e. The van der Waals surface area contributed by atoms with Crippen LogP contribution in [0.2, 0.25) is 0 Å². The molecular formula is C46H29N3OS. The molecule has 0 saturated carbocycles. The van der Waals surface area contributed by atoms with E-state index in [1.165, 1.54) is 20.2 Å². The molecule has 51 heavy (non-hydrogen) atoms. The molecule has 5 heteroatoms. The molecule has 0 saturated heterocycles. The highest BCUT2D eigenvalue weighted by Crippen LogP contribution is 2.55. The van der Waals surface area contributed by atoms with Gasteiger partial charge in [0.15, 0.2) is 17.5 Å². The van der Waals surface area contributed by atoms with Crippen LogP contribution in [0.4, 0.5) is 0 Å². The molecule has 0 bridgehead atoms. The maximum atomic E-state index is 6.67. The van der Waals surface area contributed by atoms with E-state index in [0.717, 1.165) is 50.4 Å². The van der Waals surface area contributed by atoms with Crippen LogP contribution in [-0.4, -0.2) is 15.0 Å². The fourth-order valence-corrected chi connectivity index (χ4v) is 8.71. The lowest BCUT2D eigenvalue weighted by atomic mass is 9.63. The number of para-hydroxylation sites is 1. The predicted molar refractivity (Wildman–Crippen MR) is 207 cm³/mol. The quantitative estimate of drug-likeness (QED) is 0.183. The second-order valence-electron chi connectivity index (χ2n) is 12.8. The van der Waals surface area contributed by atoms with E-state index in [1.807, 2.05) is 36.4 Å². The van der Waals surface area contributed by atoms with Crippen molar-refractivity contribution in [2.75, 3.05) is 0 Å². The molecule has 0 atom stereocenters. The average Bonchev–Trinajstić information content (AvgIpc) is 3.58. The Morgan fingerprint density at radius 3 is 1.65 bits per heavy atom. The summed E-state index contributed by atoms with van der Waals surface area (Å²) in [6, 6.07) is 61.4. The van der Waals surface area contributed by atoms with E-state index in [1.54, 1.807) is 11.3 Å². The van der Waals surface area contributed by atoms with Crippen LogP contribution in [0.15, 0.2) is 176 Å². The first-order chi connectivity index (χ1) is 25.3. The van der Waals surface area contributed by atoms with Crippen molar-refractivity contribution in [3.05, 3.63) is 198 Å². The molecule has 7 aromatic carbocycles. The van der Waals surface area contributed by atoms with Crippen molar-refractivity contribution in [2.45, 2.75) is 5.41 Å². The Hall–Kier alpha value is -6.43. The lowest BCUT2D eigenvalue weighted by molar-refractivity contribution is 0.434. The molecule has 0 unspecified atom stereocenters. The van der Waals surface area contributed by atoms with Crippen LogP contribution >= 0.6 is 11.3 Å². The van der Waals surface area contributed by atoms with E-state index < -0.39 is 5.41 Å². The highest BCUT2D eigenvalue weighted by atomic mass is 32.1. The summed E-state index contributed by atoms with van der Waals surface area (Å²) in [6.45, 7) is 0. The normalized spacial score (nSPS) is 13.0. The van der Waals surface area contributed by atoms with Gasteiger partial charge in [-0.2, -0.15) is 0 Å². The SMILES string of the molecule is c1ccc(-c2nc(-c3ccc4c(c3)C(c3ccccc3)(c3ccccc3)c3ccccc3O4)nc(-c3ccc4c(c3)sc3ccccc34)n2)cc1. The summed E-state index contributed by atoms with van der Waals surface area (Å²) in [5, 5.41) is 2.51. The van der Waals surface area contributed by atoms with E-state index in [9.17, 15) is 0 Å². The van der Waals surface area contributed by atoms with Gasteiger partial charge in [0.2, 0.25) is 0 Å². The van der Waals surface area contributed by atoms with Gasteiger partial charge in [-0.3, -0.25) is 0 Å². The second kappa shape index (κ2) is 11.9. The maximum Gasteiger partial charge on any atom is 0.164 e. The first-order valence-corrected chi connectivity index (χ1v) is 17.8. The molecule has 10 rings (SSSR count). The summed E-state index contributed by atoms with van der Waals surface area (Å²) >= 11 is 1.79. The number of thiophene rings is 1. The summed E-state index contributed by atoms with van der Waals surface area (Å²) < 4.78 is 9.14. The van der Waals surface area contributed by atoms with E-state index in [2.05, 4.69) is 140 Å². The molecular weight excluding hydrogens is 643 g/mol. The predicted octanol–water partition coefficient (Wildman–Crippen LogP) is 11.7. The van der Waals surface area contributed by atoms with Crippen LogP contribution in [0.25, 0.3) is 54.3 Å². The molecule has 1 aliphatic rings. The van der Waals surface area contributed by atoms with Crippen molar-refractivity contribution >= 4 is 31.5 Å². The Labute approximate surface area is 299 Å². The third-order valence-electron chi connectivity index (χ3n) is 9.87. The van der Waals surface area contributed by atoms with Crippen molar-refractivity contribution in [1.29, 1.82) is 0 Å². The molecule has 3 heterocycles. The van der Waals surface area contributed by atoms with Gasteiger partial charge in [-0.15, -0.1) is 11.3 Å². The van der Waals surface area contributed by atoms with Crippen molar-refractivity contribution in [3.8, 4) is 45.7 Å². The van der Waals surface area contributed by atoms with Gasteiger partial charge in [0, 0.05) is 48.0 Å². The van der Waals surface area contributed by atoms with Crippen molar-refractivity contribution in [1.82, 2.24) is 15.0 Å². The molecule has 4 nitrogen and oxygen atoms in total. The number of rotatable bonds is 5. The van der Waals surface area contributed by atoms with E-state index in [-0.39, 0.29) is 0 Å². The fraction of sp³-hybridized carbons (Fsp3) is 0.0217. The molecule has 0 amide bonds. The van der Waals surface area contributed by atoms with Crippen molar-refractivity contribution in [3.63, 3.8) is 0 Å². The topological polar surface area (TPSA) is 47.9 Å². The zero-order valence-electron chi connectivity index (χ0n) is 27.4. The van der Waals surface area contributed by atoms with Gasteiger partial charge in [-0.1, -0.05) is 140 Å². The van der Waals surface area contributed by atoms with Crippen molar-refractivity contribution < 1.29 is 4.74 Å². The van der Waals surface area contributed by atoms with Gasteiger partial charge in [-0.05, 0) is 47.5 Å². The number of hydrogen-bond donors (Lipinski definition) is 0. The lowest BCUT2D eigenvalue weighted by Crippen LogP contribution is -2.34. The zero-order chi connectivity index (χ0) is 33.8. The molecule has 0 radical (unpaired) electrons. The smallest absolute Gasteiger partial charge is 0.164 e. The monoisotopic (exact) mass is 671 g/mol. The third-order valence-corrected chi connectivity index (χ3v) is 11.0. The van der Waals surface area contributed by atoms with Crippen LogP contribution in [0.5, 0.6) is 11.5 Å². The van der Waals surface area contributed by atoms with Crippen LogP contribution in [0.1, 0.15) is 22.3 Å². The summed E-state index contributed by atoms with van der Waals surface area (Å²) in [5.41, 5.74) is 6.56. The molecule has 0 N–H and O–H groups in total. The summed E-state index contributed by atoms with van der Waals surface area (Å²) in [5.74, 6) is 3.51. The molecule has 0 aliphatic carbocycles. The van der Waals surface area contributed by atoms with Crippen LogP contribution in [0.3, 0.4) is 0 Å². The average molecular weight is 672 g/mol. The Bertz CT molecular complexity index is 2690. The van der Waals surface area contributed by atoms with E-state index >= 15 is 0 Å². The Morgan fingerprint density at radius 1 is 0.392 bits per heavy atom. The van der Waals surface area contributed by atoms with Gasteiger partial charge in [0.25, 0.3) is 0 Å². The second-order valence-corrected chi connectivity index (χ2v) is 13.9. The van der Waals surface area contributed by atoms with Gasteiger partial charge >= 0.3 is 0 Å². The Morgan fingerprint density at radius 2 is 0.922 bits per heavy atom. The number of fused-ring (bicyclic) bond motifs is 5. The molecule has 0 fully saturated rings. The maximum absolute atomic E-state index is 6.67. The number of ether oxygens (including phenoxy) is 1. The van der Waals surface area contributed by atoms with E-state index in [4.69, 9.17) is 19.7 Å². The van der Waals surface area contributed by atoms with Crippen LogP contribution in [-0.2, 0) is 5.41 Å². The minimum Gasteiger partial charge on any atom is -0.457 e. The number of nitrogens with zero attached hydrogens (tertiary/aromatic N) is 3. The lowest BCUT2D eigenvalue weighted by Gasteiger charge is -2.41. The summed E-state index contributed by atoms with van der Waals surface area (Å²) in [6.07, 6.45) is 0. The Balaban J connectivity index is 1.21. The first kappa shape index (κ1) is 29.5. The summed E-state index contributed by atoms with van der Waals surface area (Å²) in [7, 11) is 0. The molecule has 1 aliphatic heterocycles. The van der Waals surface area contributed by atoms with Crippen LogP contribution < -0.4 is 4.74 Å². The highest BCUT2D eigenvalue weighted by molar-refractivity contribution is 7.25. The zero-order valence-corrected chi connectivity index (χ0v) is 28.2. The first-order valence-electron chi connectivity index (χ1n) is 17.0. The fourth-order valence-electron chi connectivity index (χ4n) is 7.56. The van der Waals surface area contributed by atoms with Gasteiger partial charge < -0.3 is 4.74 Å². The number of hydrogen-bond acceptors (Lipinski definition) is 5. The van der Waals surface area contributed by atoms with Gasteiger partial charge in [-0.25, -0.2) is 15.0 Å². The molecule has 0 spiro atoms. The minimum atomic E-state index is -0.646. The standard InChI is InChI=1S/C46H29N3OS/c1-4-14-30(15-5-1)43-47-44(49-45(48-43)32-24-26-36-35-20-10-13-23-41(35)51-42(36)29-32)31-25-27-40-38(28-31)46(33-16-6-2-7-17-33,34-18-8-3-9-19-34)37-21-11-12-22-39(37)50-40/h1-29H. The third kappa shape index (κ3) is 4.78. The molecule has 2 aromatic heterocycles. The summed E-state index contributed by atoms with van der Waals surface area (Å²) in [4.78, 5) is 15.4. The minimum absolute atomic E-state index is 0.604. The van der Waals surface area contributed by atoms with E-state index in [0.29, 0.717) is 17.5 Å². The molecule has 9 aromatic rings. The van der Waals surface area contributed by atoms with Gasteiger partial charge in [0.05, 0.1) is 5.41 Å². The van der Waals surface area contributed by atoms with Gasteiger partial charge in [0.1, 0.15) is 11.5 Å². The highest BCUT2D eigenvalue weighted by Gasteiger charge is 2.45. The number of benzene rings is 7.